The topological polar surface area (TPSA) is 18.5 Å². The highest BCUT2D eigenvalue weighted by Gasteiger charge is 2.01. The Balaban J connectivity index is 1.79. The van der Waals surface area contributed by atoms with Gasteiger partial charge in [-0.05, 0) is 47.9 Å². The maximum absolute atomic E-state index is 5.96. The van der Waals surface area contributed by atoms with Crippen LogP contribution >= 0.6 is 46.4 Å². The van der Waals surface area contributed by atoms with Gasteiger partial charge in [0, 0.05) is 22.2 Å². The molecule has 0 aliphatic carbocycles. The quantitative estimate of drug-likeness (QED) is 0.608. The highest BCUT2D eigenvalue weighted by atomic mass is 35.5. The van der Waals surface area contributed by atoms with Gasteiger partial charge < -0.3 is 9.47 Å². The summed E-state index contributed by atoms with van der Waals surface area (Å²) in [6.45, 7) is 0.297. The summed E-state index contributed by atoms with van der Waals surface area (Å²) < 4.78 is 10.8. The van der Waals surface area contributed by atoms with Gasteiger partial charge in [-0.2, -0.15) is 0 Å². The van der Waals surface area contributed by atoms with Crippen LogP contribution in [0.5, 0.6) is 11.5 Å². The largest absolute Gasteiger partial charge is 0.479 e. The second-order valence-corrected chi connectivity index (χ2v) is 6.02. The molecule has 24 heavy (non-hydrogen) atoms. The number of ether oxygens (including phenoxy) is 2. The van der Waals surface area contributed by atoms with Crippen LogP contribution in [0.4, 0.5) is 0 Å². The number of hydrogen-bond acceptors (Lipinski definition) is 2. The molecule has 2 nitrogen and oxygen atoms in total. The molecule has 0 atom stereocenters. The summed E-state index contributed by atoms with van der Waals surface area (Å²) in [6, 6.07) is 9.93. The number of halogens is 4. The summed E-state index contributed by atoms with van der Waals surface area (Å²) in [4.78, 5) is 0. The summed E-state index contributed by atoms with van der Waals surface area (Å²) in [7, 11) is 0. The molecule has 6 heteroatoms. The van der Waals surface area contributed by atoms with Crippen molar-refractivity contribution in [1.82, 2.24) is 0 Å². The fourth-order valence-corrected chi connectivity index (χ4v) is 2.23. The third kappa shape index (κ3) is 6.08. The molecule has 2 rings (SSSR count). The molecule has 0 bridgehead atoms. The minimum atomic E-state index is 0.149. The van der Waals surface area contributed by atoms with E-state index in [-0.39, 0.29) is 13.2 Å². The summed E-state index contributed by atoms with van der Waals surface area (Å²) in [6.07, 6.45) is 0. The van der Waals surface area contributed by atoms with Gasteiger partial charge >= 0.3 is 0 Å². The predicted molar refractivity (Wildman–Crippen MR) is 99.5 cm³/mol. The lowest BCUT2D eigenvalue weighted by Crippen LogP contribution is -1.95. The SMILES string of the molecule is Clc1ccc(Cl)c(OCC#CC#CCOc2cc(Cl)ccc2Cl)c1. The second-order valence-electron chi connectivity index (χ2n) is 4.33. The lowest BCUT2D eigenvalue weighted by Gasteiger charge is -2.04. The van der Waals surface area contributed by atoms with Crippen molar-refractivity contribution < 1.29 is 9.47 Å². The minimum Gasteiger partial charge on any atom is -0.479 e. The van der Waals surface area contributed by atoms with Gasteiger partial charge in [-0.1, -0.05) is 46.4 Å². The first kappa shape index (κ1) is 18.7. The zero-order chi connectivity index (χ0) is 17.4. The molecule has 0 saturated carbocycles. The van der Waals surface area contributed by atoms with E-state index < -0.39 is 0 Å². The predicted octanol–water partition coefficient (Wildman–Crippen LogP) is 5.76. The summed E-state index contributed by atoms with van der Waals surface area (Å²) in [5, 5.41) is 2.02. The molecule has 0 fully saturated rings. The molecule has 0 heterocycles. The lowest BCUT2D eigenvalue weighted by molar-refractivity contribution is 0.370. The number of benzene rings is 2. The highest BCUT2D eigenvalue weighted by molar-refractivity contribution is 6.34. The molecule has 0 radical (unpaired) electrons. The van der Waals surface area contributed by atoms with Gasteiger partial charge in [0.05, 0.1) is 10.0 Å². The minimum absolute atomic E-state index is 0.149. The zero-order valence-corrected chi connectivity index (χ0v) is 15.2. The van der Waals surface area contributed by atoms with Crippen LogP contribution in [0.2, 0.25) is 20.1 Å². The summed E-state index contributed by atoms with van der Waals surface area (Å²) in [5.74, 6) is 11.8. The average molecular weight is 400 g/mol. The van der Waals surface area contributed by atoms with Gasteiger partial charge in [0.1, 0.15) is 24.7 Å². The van der Waals surface area contributed by atoms with E-state index in [0.29, 0.717) is 31.6 Å². The van der Waals surface area contributed by atoms with E-state index in [0.717, 1.165) is 0 Å². The molecule has 0 N–H and O–H groups in total. The van der Waals surface area contributed by atoms with Crippen LogP contribution in [0.25, 0.3) is 0 Å². The normalized spacial score (nSPS) is 9.33. The zero-order valence-electron chi connectivity index (χ0n) is 12.2. The first-order valence-corrected chi connectivity index (χ1v) is 8.19. The fourth-order valence-electron chi connectivity index (χ4n) is 1.56. The standard InChI is InChI=1S/C18H10Cl4O2/c19-13-5-7-15(21)17(11-13)23-9-3-1-2-4-10-24-18-12-14(20)6-8-16(18)22/h5-8,11-12H,9-10H2. The first-order valence-electron chi connectivity index (χ1n) is 6.67. The number of hydrogen-bond donors (Lipinski definition) is 0. The third-order valence-electron chi connectivity index (χ3n) is 2.63. The van der Waals surface area contributed by atoms with E-state index in [9.17, 15) is 0 Å². The Morgan fingerprint density at radius 3 is 1.50 bits per heavy atom. The molecule has 0 saturated heterocycles. The van der Waals surface area contributed by atoms with Crippen molar-refractivity contribution in [3.63, 3.8) is 0 Å². The fraction of sp³-hybridized carbons (Fsp3) is 0.111. The average Bonchev–Trinajstić information content (AvgIpc) is 2.56. The van der Waals surface area contributed by atoms with Gasteiger partial charge in [0.2, 0.25) is 0 Å². The first-order chi connectivity index (χ1) is 11.6. The van der Waals surface area contributed by atoms with Crippen LogP contribution in [-0.2, 0) is 0 Å². The third-order valence-corrected chi connectivity index (χ3v) is 3.72. The van der Waals surface area contributed by atoms with Gasteiger partial charge in [0.15, 0.2) is 0 Å². The molecular weight excluding hydrogens is 390 g/mol. The molecule has 0 aliphatic rings. The molecule has 122 valence electrons. The van der Waals surface area contributed by atoms with Crippen LogP contribution in [0, 0.1) is 23.7 Å². The van der Waals surface area contributed by atoms with Crippen LogP contribution in [0.15, 0.2) is 36.4 Å². The van der Waals surface area contributed by atoms with E-state index in [4.69, 9.17) is 55.9 Å². The van der Waals surface area contributed by atoms with Crippen molar-refractivity contribution in [1.29, 1.82) is 0 Å². The molecule has 0 spiro atoms. The van der Waals surface area contributed by atoms with Crippen LogP contribution in [0.3, 0.4) is 0 Å². The maximum Gasteiger partial charge on any atom is 0.150 e. The van der Waals surface area contributed by atoms with Crippen molar-refractivity contribution in [3.05, 3.63) is 56.5 Å². The van der Waals surface area contributed by atoms with E-state index in [1.807, 2.05) is 0 Å². The highest BCUT2D eigenvalue weighted by Crippen LogP contribution is 2.28. The Hall–Kier alpha value is -1.68. The molecule has 0 unspecified atom stereocenters. The van der Waals surface area contributed by atoms with E-state index in [1.165, 1.54) is 0 Å². The molecule has 0 aromatic heterocycles. The van der Waals surface area contributed by atoms with Crippen molar-refractivity contribution in [3.8, 4) is 35.2 Å². The van der Waals surface area contributed by atoms with Crippen LogP contribution < -0.4 is 9.47 Å². The Morgan fingerprint density at radius 1 is 0.667 bits per heavy atom. The smallest absolute Gasteiger partial charge is 0.150 e. The maximum atomic E-state index is 5.96. The molecule has 0 amide bonds. The van der Waals surface area contributed by atoms with Gasteiger partial charge in [-0.3, -0.25) is 0 Å². The second kappa shape index (κ2) is 9.58. The summed E-state index contributed by atoms with van der Waals surface area (Å²) in [5.41, 5.74) is 0. The Morgan fingerprint density at radius 2 is 1.08 bits per heavy atom. The Bertz CT molecular complexity index is 770. The van der Waals surface area contributed by atoms with E-state index >= 15 is 0 Å². The van der Waals surface area contributed by atoms with Crippen molar-refractivity contribution in [2.75, 3.05) is 13.2 Å². The number of rotatable bonds is 4. The van der Waals surface area contributed by atoms with Crippen molar-refractivity contribution in [2.45, 2.75) is 0 Å². The Labute approximate surface area is 160 Å². The molecular formula is C18H10Cl4O2. The van der Waals surface area contributed by atoms with Crippen LogP contribution in [-0.4, -0.2) is 13.2 Å². The summed E-state index contributed by atoms with van der Waals surface area (Å²) >= 11 is 23.6. The Kier molecular flexibility index (Phi) is 7.44. The van der Waals surface area contributed by atoms with E-state index in [2.05, 4.69) is 23.7 Å². The lowest BCUT2D eigenvalue weighted by atomic mass is 10.3. The van der Waals surface area contributed by atoms with E-state index in [1.54, 1.807) is 36.4 Å². The monoisotopic (exact) mass is 398 g/mol. The van der Waals surface area contributed by atoms with Gasteiger partial charge in [0.25, 0.3) is 0 Å². The molecule has 0 aliphatic heterocycles. The van der Waals surface area contributed by atoms with Gasteiger partial charge in [-0.25, -0.2) is 0 Å². The van der Waals surface area contributed by atoms with Crippen molar-refractivity contribution in [2.24, 2.45) is 0 Å². The van der Waals surface area contributed by atoms with Crippen molar-refractivity contribution >= 4 is 46.4 Å². The molecule has 2 aromatic rings. The van der Waals surface area contributed by atoms with Crippen LogP contribution in [0.1, 0.15) is 0 Å². The molecule has 2 aromatic carbocycles. The van der Waals surface area contributed by atoms with Gasteiger partial charge in [-0.15, -0.1) is 0 Å².